The fourth-order valence-electron chi connectivity index (χ4n) is 4.81. The molecular formula is C28H31NO5. The summed E-state index contributed by atoms with van der Waals surface area (Å²) >= 11 is 0. The molecule has 0 unspecified atom stereocenters. The van der Waals surface area contributed by atoms with Crippen LogP contribution >= 0.6 is 0 Å². The molecular weight excluding hydrogens is 430 g/mol. The predicted octanol–water partition coefficient (Wildman–Crippen LogP) is 4.92. The standard InChI is InChI=1S/C28H31NO5/c1-18-24(27(31)34-15-14-33-19-10-6-5-7-11-19)25(20-12-8-9-13-23(20)32-4)26-21(29-18)16-28(2,3)17-22(26)30/h5-13,25,29H,14-17H2,1-4H3/t25-/m0/s1. The summed E-state index contributed by atoms with van der Waals surface area (Å²) in [4.78, 5) is 26.7. The first kappa shape index (κ1) is 23.6. The minimum atomic E-state index is -0.557. The largest absolute Gasteiger partial charge is 0.496 e. The minimum Gasteiger partial charge on any atom is -0.496 e. The third-order valence-electron chi connectivity index (χ3n) is 6.24. The van der Waals surface area contributed by atoms with Crippen molar-refractivity contribution in [2.75, 3.05) is 20.3 Å². The molecule has 0 amide bonds. The highest BCUT2D eigenvalue weighted by molar-refractivity contribution is 6.04. The molecule has 2 aliphatic rings. The van der Waals surface area contributed by atoms with E-state index in [4.69, 9.17) is 14.2 Å². The number of methoxy groups -OCH3 is 1. The Balaban J connectivity index is 1.63. The number of ether oxygens (including phenoxy) is 3. The van der Waals surface area contributed by atoms with Gasteiger partial charge in [0.15, 0.2) is 5.78 Å². The lowest BCUT2D eigenvalue weighted by Gasteiger charge is -2.39. The summed E-state index contributed by atoms with van der Waals surface area (Å²) < 4.78 is 16.9. The number of ketones is 1. The number of para-hydroxylation sites is 2. The maximum Gasteiger partial charge on any atom is 0.336 e. The van der Waals surface area contributed by atoms with Crippen molar-refractivity contribution in [3.8, 4) is 11.5 Å². The van der Waals surface area contributed by atoms with Gasteiger partial charge < -0.3 is 19.5 Å². The van der Waals surface area contributed by atoms with Gasteiger partial charge in [0.05, 0.1) is 18.6 Å². The second-order valence-electron chi connectivity index (χ2n) is 9.47. The van der Waals surface area contributed by atoms with Crippen molar-refractivity contribution in [1.29, 1.82) is 0 Å². The first-order chi connectivity index (χ1) is 16.3. The van der Waals surface area contributed by atoms with E-state index in [2.05, 4.69) is 19.2 Å². The number of dihydropyridines is 1. The molecule has 34 heavy (non-hydrogen) atoms. The average Bonchev–Trinajstić information content (AvgIpc) is 2.80. The quantitative estimate of drug-likeness (QED) is 0.466. The van der Waals surface area contributed by atoms with Crippen LogP contribution in [0, 0.1) is 5.41 Å². The molecule has 0 fully saturated rings. The molecule has 0 saturated carbocycles. The number of esters is 1. The molecule has 2 aromatic rings. The summed E-state index contributed by atoms with van der Waals surface area (Å²) in [5.41, 5.74) is 3.24. The van der Waals surface area contributed by atoms with Crippen LogP contribution in [0.15, 0.2) is 77.1 Å². The Morgan fingerprint density at radius 2 is 1.74 bits per heavy atom. The highest BCUT2D eigenvalue weighted by Crippen LogP contribution is 2.48. The number of allylic oxidation sites excluding steroid dienone is 3. The van der Waals surface area contributed by atoms with E-state index in [1.807, 2.05) is 61.5 Å². The summed E-state index contributed by atoms with van der Waals surface area (Å²) in [5, 5.41) is 3.35. The molecule has 0 spiro atoms. The Kier molecular flexibility index (Phi) is 6.77. The lowest BCUT2D eigenvalue weighted by atomic mass is 9.68. The van der Waals surface area contributed by atoms with E-state index in [0.717, 1.165) is 17.7 Å². The van der Waals surface area contributed by atoms with Gasteiger partial charge in [-0.25, -0.2) is 4.79 Å². The fraction of sp³-hybridized carbons (Fsp3) is 0.357. The lowest BCUT2D eigenvalue weighted by molar-refractivity contribution is -0.140. The molecule has 2 aromatic carbocycles. The van der Waals surface area contributed by atoms with Gasteiger partial charge in [-0.3, -0.25) is 4.79 Å². The lowest BCUT2D eigenvalue weighted by Crippen LogP contribution is -2.39. The highest BCUT2D eigenvalue weighted by atomic mass is 16.6. The molecule has 0 radical (unpaired) electrons. The predicted molar refractivity (Wildman–Crippen MR) is 130 cm³/mol. The van der Waals surface area contributed by atoms with Gasteiger partial charge >= 0.3 is 5.97 Å². The molecule has 178 valence electrons. The summed E-state index contributed by atoms with van der Waals surface area (Å²) in [6.45, 7) is 6.36. The van der Waals surface area contributed by atoms with Crippen LogP contribution in [0.25, 0.3) is 0 Å². The van der Waals surface area contributed by atoms with Crippen molar-refractivity contribution in [2.45, 2.75) is 39.5 Å². The monoisotopic (exact) mass is 461 g/mol. The molecule has 1 N–H and O–H groups in total. The van der Waals surface area contributed by atoms with Crippen LogP contribution in [0.5, 0.6) is 11.5 Å². The van der Waals surface area contributed by atoms with E-state index in [0.29, 0.717) is 34.8 Å². The first-order valence-corrected chi connectivity index (χ1v) is 11.5. The average molecular weight is 462 g/mol. The van der Waals surface area contributed by atoms with Crippen LogP contribution in [0.2, 0.25) is 0 Å². The molecule has 1 aliphatic carbocycles. The topological polar surface area (TPSA) is 73.9 Å². The molecule has 0 bridgehead atoms. The number of hydrogen-bond donors (Lipinski definition) is 1. The maximum atomic E-state index is 13.4. The number of rotatable bonds is 7. The number of carbonyl (C=O) groups is 2. The van der Waals surface area contributed by atoms with E-state index in [1.54, 1.807) is 7.11 Å². The highest BCUT2D eigenvalue weighted by Gasteiger charge is 2.43. The van der Waals surface area contributed by atoms with Crippen molar-refractivity contribution in [3.63, 3.8) is 0 Å². The molecule has 6 nitrogen and oxygen atoms in total. The van der Waals surface area contributed by atoms with Crippen LogP contribution in [0.3, 0.4) is 0 Å². The molecule has 1 heterocycles. The SMILES string of the molecule is COc1ccccc1[C@H]1C(C(=O)OCCOc2ccccc2)=C(C)NC2=C1C(=O)CC(C)(C)C2. The number of Topliss-reactive ketones (excluding diaryl/α,β-unsaturated/α-hetero) is 1. The summed E-state index contributed by atoms with van der Waals surface area (Å²) in [6, 6.07) is 16.9. The van der Waals surface area contributed by atoms with E-state index in [9.17, 15) is 9.59 Å². The molecule has 1 aliphatic heterocycles. The van der Waals surface area contributed by atoms with Crippen molar-refractivity contribution in [2.24, 2.45) is 5.41 Å². The summed E-state index contributed by atoms with van der Waals surface area (Å²) in [5.74, 6) is 0.356. The van der Waals surface area contributed by atoms with Crippen LogP contribution in [-0.4, -0.2) is 32.1 Å². The fourth-order valence-corrected chi connectivity index (χ4v) is 4.81. The van der Waals surface area contributed by atoms with Crippen molar-refractivity contribution in [3.05, 3.63) is 82.7 Å². The molecule has 0 aromatic heterocycles. The second kappa shape index (κ2) is 9.75. The van der Waals surface area contributed by atoms with Gasteiger partial charge in [0.25, 0.3) is 0 Å². The third kappa shape index (κ3) is 4.86. The van der Waals surface area contributed by atoms with Gasteiger partial charge in [0, 0.05) is 29.0 Å². The minimum absolute atomic E-state index is 0.0415. The van der Waals surface area contributed by atoms with Gasteiger partial charge in [-0.05, 0) is 37.0 Å². The number of hydrogen-bond acceptors (Lipinski definition) is 6. The van der Waals surface area contributed by atoms with Crippen LogP contribution < -0.4 is 14.8 Å². The van der Waals surface area contributed by atoms with Crippen LogP contribution in [-0.2, 0) is 14.3 Å². The van der Waals surface area contributed by atoms with Gasteiger partial charge in [-0.2, -0.15) is 0 Å². The third-order valence-corrected chi connectivity index (χ3v) is 6.24. The molecule has 0 saturated heterocycles. The zero-order valence-corrected chi connectivity index (χ0v) is 20.1. The zero-order valence-electron chi connectivity index (χ0n) is 20.1. The number of carbonyl (C=O) groups excluding carboxylic acids is 2. The second-order valence-corrected chi connectivity index (χ2v) is 9.47. The van der Waals surface area contributed by atoms with Gasteiger partial charge in [-0.1, -0.05) is 50.2 Å². The Labute approximate surface area is 200 Å². The van der Waals surface area contributed by atoms with E-state index in [-0.39, 0.29) is 24.4 Å². The number of nitrogens with one attached hydrogen (secondary N) is 1. The maximum absolute atomic E-state index is 13.4. The number of benzene rings is 2. The Morgan fingerprint density at radius 1 is 1.03 bits per heavy atom. The Bertz CT molecular complexity index is 1150. The van der Waals surface area contributed by atoms with Crippen molar-refractivity contribution in [1.82, 2.24) is 5.32 Å². The van der Waals surface area contributed by atoms with Crippen molar-refractivity contribution < 1.29 is 23.8 Å². The molecule has 4 rings (SSSR count). The summed E-state index contributed by atoms with van der Waals surface area (Å²) in [6.07, 6.45) is 1.15. The van der Waals surface area contributed by atoms with Crippen LogP contribution in [0.4, 0.5) is 0 Å². The first-order valence-electron chi connectivity index (χ1n) is 11.5. The smallest absolute Gasteiger partial charge is 0.336 e. The van der Waals surface area contributed by atoms with Gasteiger partial charge in [-0.15, -0.1) is 0 Å². The van der Waals surface area contributed by atoms with Crippen molar-refractivity contribution >= 4 is 11.8 Å². The molecule has 6 heteroatoms. The zero-order chi connectivity index (χ0) is 24.3. The summed E-state index contributed by atoms with van der Waals surface area (Å²) in [7, 11) is 1.59. The normalized spacial score (nSPS) is 19.3. The Hall–Kier alpha value is -3.54. The van der Waals surface area contributed by atoms with Crippen LogP contribution in [0.1, 0.15) is 45.1 Å². The molecule has 1 atom stereocenters. The van der Waals surface area contributed by atoms with E-state index in [1.165, 1.54) is 0 Å². The van der Waals surface area contributed by atoms with E-state index < -0.39 is 11.9 Å². The van der Waals surface area contributed by atoms with Gasteiger partial charge in [0.2, 0.25) is 0 Å². The van der Waals surface area contributed by atoms with E-state index >= 15 is 0 Å². The van der Waals surface area contributed by atoms with Gasteiger partial charge in [0.1, 0.15) is 24.7 Å². The Morgan fingerprint density at radius 3 is 2.47 bits per heavy atom.